The summed E-state index contributed by atoms with van der Waals surface area (Å²) in [6.45, 7) is 5.67. The SMILES string of the molecule is c1cc(COC[C@@]23COC[C@@H]2CN(C2CCCC2)C3)ccn1. The van der Waals surface area contributed by atoms with E-state index in [0.717, 1.165) is 25.9 Å². The first kappa shape index (κ1) is 14.6. The molecule has 0 spiro atoms. The number of aromatic nitrogens is 1. The van der Waals surface area contributed by atoms with Crippen LogP contribution in [0.5, 0.6) is 0 Å². The number of hydrogen-bond donors (Lipinski definition) is 0. The van der Waals surface area contributed by atoms with Crippen LogP contribution in [0.15, 0.2) is 24.5 Å². The van der Waals surface area contributed by atoms with Crippen molar-refractivity contribution < 1.29 is 9.47 Å². The second kappa shape index (κ2) is 6.26. The first-order valence-corrected chi connectivity index (χ1v) is 8.64. The molecule has 2 aliphatic heterocycles. The van der Waals surface area contributed by atoms with E-state index < -0.39 is 0 Å². The molecule has 4 nitrogen and oxygen atoms in total. The summed E-state index contributed by atoms with van der Waals surface area (Å²) in [6.07, 6.45) is 9.26. The van der Waals surface area contributed by atoms with Crippen LogP contribution in [0.3, 0.4) is 0 Å². The molecule has 1 saturated carbocycles. The molecule has 0 aromatic carbocycles. The summed E-state index contributed by atoms with van der Waals surface area (Å²) in [5, 5.41) is 0. The van der Waals surface area contributed by atoms with Crippen LogP contribution >= 0.6 is 0 Å². The van der Waals surface area contributed by atoms with E-state index in [2.05, 4.69) is 9.88 Å². The fraction of sp³-hybridized carbons (Fsp3) is 0.722. The van der Waals surface area contributed by atoms with Gasteiger partial charge in [0.25, 0.3) is 0 Å². The van der Waals surface area contributed by atoms with Crippen LogP contribution in [-0.2, 0) is 16.1 Å². The summed E-state index contributed by atoms with van der Waals surface area (Å²) in [6, 6.07) is 4.88. The molecule has 0 unspecified atom stereocenters. The average Bonchev–Trinajstić information content (AvgIpc) is 3.23. The van der Waals surface area contributed by atoms with Crippen LogP contribution in [0.25, 0.3) is 0 Å². The Balaban J connectivity index is 1.36. The molecule has 0 amide bonds. The van der Waals surface area contributed by atoms with Gasteiger partial charge < -0.3 is 9.47 Å². The van der Waals surface area contributed by atoms with Gasteiger partial charge in [0, 0.05) is 42.9 Å². The highest BCUT2D eigenvalue weighted by atomic mass is 16.5. The van der Waals surface area contributed by atoms with Crippen molar-refractivity contribution in [2.75, 3.05) is 32.9 Å². The predicted octanol–water partition coefficient (Wildman–Crippen LogP) is 2.49. The van der Waals surface area contributed by atoms with Crippen molar-refractivity contribution in [1.29, 1.82) is 0 Å². The Bertz CT molecular complexity index is 489. The van der Waals surface area contributed by atoms with Crippen LogP contribution in [0.2, 0.25) is 0 Å². The van der Waals surface area contributed by atoms with Crippen LogP contribution < -0.4 is 0 Å². The van der Waals surface area contributed by atoms with E-state index in [1.165, 1.54) is 44.3 Å². The predicted molar refractivity (Wildman–Crippen MR) is 84.5 cm³/mol. The molecule has 0 bridgehead atoms. The highest BCUT2D eigenvalue weighted by Gasteiger charge is 2.52. The Morgan fingerprint density at radius 2 is 2.09 bits per heavy atom. The molecule has 2 atom stereocenters. The van der Waals surface area contributed by atoms with Crippen molar-refractivity contribution in [3.63, 3.8) is 0 Å². The average molecular weight is 302 g/mol. The van der Waals surface area contributed by atoms with Gasteiger partial charge in [0.05, 0.1) is 26.4 Å². The minimum Gasteiger partial charge on any atom is -0.380 e. The number of fused-ring (bicyclic) bond motifs is 1. The zero-order valence-corrected chi connectivity index (χ0v) is 13.2. The summed E-state index contributed by atoms with van der Waals surface area (Å²) in [5.74, 6) is 0.658. The lowest BCUT2D eigenvalue weighted by Gasteiger charge is -2.29. The van der Waals surface area contributed by atoms with Gasteiger partial charge in [-0.15, -0.1) is 0 Å². The van der Waals surface area contributed by atoms with Gasteiger partial charge in [-0.2, -0.15) is 0 Å². The minimum atomic E-state index is 0.232. The molecule has 1 aromatic heterocycles. The van der Waals surface area contributed by atoms with Gasteiger partial charge in [0.1, 0.15) is 0 Å². The first-order valence-electron chi connectivity index (χ1n) is 8.64. The highest BCUT2D eigenvalue weighted by Crippen LogP contribution is 2.44. The zero-order chi connectivity index (χ0) is 14.8. The number of rotatable bonds is 5. The van der Waals surface area contributed by atoms with E-state index in [4.69, 9.17) is 9.47 Å². The molecule has 2 saturated heterocycles. The third-order valence-electron chi connectivity index (χ3n) is 5.80. The number of ether oxygens (including phenoxy) is 2. The van der Waals surface area contributed by atoms with Crippen molar-refractivity contribution in [2.24, 2.45) is 11.3 Å². The molecule has 0 N–H and O–H groups in total. The summed E-state index contributed by atoms with van der Waals surface area (Å²) >= 11 is 0. The quantitative estimate of drug-likeness (QED) is 0.837. The van der Waals surface area contributed by atoms with Gasteiger partial charge in [-0.1, -0.05) is 12.8 Å². The lowest BCUT2D eigenvalue weighted by molar-refractivity contribution is 0.0160. The van der Waals surface area contributed by atoms with E-state index in [9.17, 15) is 0 Å². The fourth-order valence-corrected chi connectivity index (χ4v) is 4.48. The van der Waals surface area contributed by atoms with Crippen molar-refractivity contribution in [1.82, 2.24) is 9.88 Å². The van der Waals surface area contributed by atoms with E-state index >= 15 is 0 Å². The zero-order valence-electron chi connectivity index (χ0n) is 13.2. The summed E-state index contributed by atoms with van der Waals surface area (Å²) in [5.41, 5.74) is 1.43. The van der Waals surface area contributed by atoms with Crippen molar-refractivity contribution in [3.05, 3.63) is 30.1 Å². The van der Waals surface area contributed by atoms with E-state index in [1.807, 2.05) is 24.5 Å². The van der Waals surface area contributed by atoms with Gasteiger partial charge in [-0.25, -0.2) is 0 Å². The number of likely N-dealkylation sites (tertiary alicyclic amines) is 1. The Labute approximate surface area is 132 Å². The molecule has 4 heteroatoms. The lowest BCUT2D eigenvalue weighted by atomic mass is 9.82. The summed E-state index contributed by atoms with van der Waals surface area (Å²) in [4.78, 5) is 6.79. The monoisotopic (exact) mass is 302 g/mol. The lowest BCUT2D eigenvalue weighted by Crippen LogP contribution is -2.38. The maximum Gasteiger partial charge on any atom is 0.0718 e. The fourth-order valence-electron chi connectivity index (χ4n) is 4.48. The standard InChI is InChI=1S/C18H26N2O2/c1-2-4-17(3-1)20-9-16-11-22-14-18(16,12-20)13-21-10-15-5-7-19-8-6-15/h5-8,16-17H,1-4,9-14H2/t16-,18-/m0/s1. The van der Waals surface area contributed by atoms with Gasteiger partial charge in [-0.05, 0) is 30.5 Å². The number of pyridine rings is 1. The first-order chi connectivity index (χ1) is 10.9. The summed E-state index contributed by atoms with van der Waals surface area (Å²) < 4.78 is 11.9. The third kappa shape index (κ3) is 2.80. The van der Waals surface area contributed by atoms with Crippen LogP contribution in [-0.4, -0.2) is 48.8 Å². The maximum absolute atomic E-state index is 6.08. The van der Waals surface area contributed by atoms with Gasteiger partial charge in [-0.3, -0.25) is 9.88 Å². The van der Waals surface area contributed by atoms with Crippen molar-refractivity contribution in [2.45, 2.75) is 38.3 Å². The van der Waals surface area contributed by atoms with E-state index in [1.54, 1.807) is 0 Å². The molecule has 3 fully saturated rings. The van der Waals surface area contributed by atoms with E-state index in [-0.39, 0.29) is 5.41 Å². The smallest absolute Gasteiger partial charge is 0.0718 e. The van der Waals surface area contributed by atoms with Crippen molar-refractivity contribution >= 4 is 0 Å². The minimum absolute atomic E-state index is 0.232. The number of hydrogen-bond acceptors (Lipinski definition) is 4. The van der Waals surface area contributed by atoms with Gasteiger partial charge in [0.2, 0.25) is 0 Å². The maximum atomic E-state index is 6.08. The third-order valence-corrected chi connectivity index (χ3v) is 5.80. The molecule has 4 rings (SSSR count). The van der Waals surface area contributed by atoms with Crippen molar-refractivity contribution in [3.8, 4) is 0 Å². The molecule has 22 heavy (non-hydrogen) atoms. The number of nitrogens with zero attached hydrogens (tertiary/aromatic N) is 2. The summed E-state index contributed by atoms with van der Waals surface area (Å²) in [7, 11) is 0. The van der Waals surface area contributed by atoms with Crippen LogP contribution in [0.1, 0.15) is 31.2 Å². The Hall–Kier alpha value is -0.970. The molecular weight excluding hydrogens is 276 g/mol. The Morgan fingerprint density at radius 3 is 2.91 bits per heavy atom. The second-order valence-electron chi connectivity index (χ2n) is 7.29. The largest absolute Gasteiger partial charge is 0.380 e. The normalized spacial score (nSPS) is 32.6. The molecule has 1 aromatic rings. The molecule has 0 radical (unpaired) electrons. The topological polar surface area (TPSA) is 34.6 Å². The highest BCUT2D eigenvalue weighted by molar-refractivity contribution is 5.08. The molecular formula is C18H26N2O2. The molecule has 120 valence electrons. The molecule has 3 heterocycles. The van der Waals surface area contributed by atoms with Crippen LogP contribution in [0, 0.1) is 11.3 Å². The van der Waals surface area contributed by atoms with Crippen LogP contribution in [0.4, 0.5) is 0 Å². The van der Waals surface area contributed by atoms with Gasteiger partial charge >= 0.3 is 0 Å². The Kier molecular flexibility index (Phi) is 4.16. The Morgan fingerprint density at radius 1 is 1.27 bits per heavy atom. The molecule has 1 aliphatic carbocycles. The van der Waals surface area contributed by atoms with E-state index in [0.29, 0.717) is 12.5 Å². The molecule has 3 aliphatic rings. The second-order valence-corrected chi connectivity index (χ2v) is 7.29. The van der Waals surface area contributed by atoms with Gasteiger partial charge in [0.15, 0.2) is 0 Å².